The molecule has 3 aromatic rings. The SMILES string of the molecule is COc1ccc2nccc([C@H](O)CC[C@@H]3CCN(CCSc4cccs4)C[C@@H]3C(=O)O)c2c1.Cl.Cl. The second-order valence-corrected chi connectivity index (χ2v) is 10.8. The number of pyridine rings is 1. The van der Waals surface area contributed by atoms with Crippen LogP contribution in [-0.4, -0.2) is 58.6 Å². The molecule has 0 aliphatic carbocycles. The van der Waals surface area contributed by atoms with Crippen molar-refractivity contribution in [2.75, 3.05) is 32.5 Å². The minimum atomic E-state index is -0.732. The summed E-state index contributed by atoms with van der Waals surface area (Å²) < 4.78 is 6.63. The highest BCUT2D eigenvalue weighted by atomic mass is 35.5. The van der Waals surface area contributed by atoms with Gasteiger partial charge in [-0.1, -0.05) is 6.07 Å². The molecular weight excluding hydrogens is 527 g/mol. The summed E-state index contributed by atoms with van der Waals surface area (Å²) in [6.45, 7) is 2.38. The molecule has 192 valence electrons. The van der Waals surface area contributed by atoms with Crippen molar-refractivity contribution in [1.29, 1.82) is 0 Å². The number of hydrogen-bond acceptors (Lipinski definition) is 7. The Labute approximate surface area is 226 Å². The molecule has 35 heavy (non-hydrogen) atoms. The van der Waals surface area contributed by atoms with E-state index in [2.05, 4.69) is 27.4 Å². The number of halogens is 2. The van der Waals surface area contributed by atoms with Crippen molar-refractivity contribution >= 4 is 64.8 Å². The molecule has 1 fully saturated rings. The maximum absolute atomic E-state index is 12.0. The lowest BCUT2D eigenvalue weighted by atomic mass is 9.81. The average Bonchev–Trinajstić information content (AvgIpc) is 3.35. The largest absolute Gasteiger partial charge is 0.497 e. The van der Waals surface area contributed by atoms with Crippen LogP contribution in [0.3, 0.4) is 0 Å². The summed E-state index contributed by atoms with van der Waals surface area (Å²) in [5, 5.41) is 23.8. The summed E-state index contributed by atoms with van der Waals surface area (Å²) in [5.41, 5.74) is 1.62. The first-order chi connectivity index (χ1) is 16.0. The summed E-state index contributed by atoms with van der Waals surface area (Å²) in [7, 11) is 1.62. The summed E-state index contributed by atoms with van der Waals surface area (Å²) >= 11 is 3.57. The molecule has 10 heteroatoms. The number of nitrogens with zero attached hydrogens (tertiary/aromatic N) is 2. The highest BCUT2D eigenvalue weighted by Gasteiger charge is 2.34. The predicted octanol–water partition coefficient (Wildman–Crippen LogP) is 5.78. The van der Waals surface area contributed by atoms with Crippen LogP contribution in [0.15, 0.2) is 52.2 Å². The van der Waals surface area contributed by atoms with Crippen LogP contribution in [-0.2, 0) is 4.79 Å². The first-order valence-corrected chi connectivity index (χ1v) is 13.1. The number of aliphatic carboxylic acids is 1. The zero-order valence-corrected chi connectivity index (χ0v) is 22.8. The van der Waals surface area contributed by atoms with Gasteiger partial charge in [0.2, 0.25) is 0 Å². The molecule has 4 rings (SSSR count). The Hall–Kier alpha value is -1.55. The molecule has 0 unspecified atom stereocenters. The van der Waals surface area contributed by atoms with Gasteiger partial charge in [0.15, 0.2) is 0 Å². The normalized spacial score (nSPS) is 18.9. The second-order valence-electron chi connectivity index (χ2n) is 8.45. The van der Waals surface area contributed by atoms with E-state index in [4.69, 9.17) is 4.74 Å². The molecule has 3 heterocycles. The number of rotatable bonds is 10. The van der Waals surface area contributed by atoms with E-state index < -0.39 is 18.0 Å². The molecular formula is C25H32Cl2N2O4S2. The third kappa shape index (κ3) is 7.71. The number of carboxylic acids is 1. The number of thioether (sulfide) groups is 1. The van der Waals surface area contributed by atoms with Crippen molar-refractivity contribution in [2.24, 2.45) is 11.8 Å². The lowest BCUT2D eigenvalue weighted by molar-refractivity contribution is -0.146. The maximum atomic E-state index is 12.0. The molecule has 2 aromatic heterocycles. The Bertz CT molecular complexity index is 1070. The van der Waals surface area contributed by atoms with Gasteiger partial charge < -0.3 is 19.8 Å². The van der Waals surface area contributed by atoms with Crippen LogP contribution in [0.1, 0.15) is 30.9 Å². The molecule has 1 aliphatic rings. The molecule has 2 N–H and O–H groups in total. The number of aliphatic hydroxyl groups excluding tert-OH is 1. The number of piperidine rings is 1. The van der Waals surface area contributed by atoms with E-state index in [1.54, 1.807) is 24.6 Å². The number of aliphatic hydroxyl groups is 1. The quantitative estimate of drug-likeness (QED) is 0.305. The lowest BCUT2D eigenvalue weighted by Gasteiger charge is -2.36. The Morgan fingerprint density at radius 3 is 2.86 bits per heavy atom. The highest BCUT2D eigenvalue weighted by Crippen LogP contribution is 2.34. The monoisotopic (exact) mass is 558 g/mol. The van der Waals surface area contributed by atoms with Crippen molar-refractivity contribution in [3.05, 3.63) is 53.5 Å². The first kappa shape index (κ1) is 29.7. The summed E-state index contributed by atoms with van der Waals surface area (Å²) in [6, 6.07) is 11.7. The van der Waals surface area contributed by atoms with Gasteiger partial charge in [0, 0.05) is 30.4 Å². The maximum Gasteiger partial charge on any atom is 0.308 e. The zero-order valence-electron chi connectivity index (χ0n) is 19.5. The Kier molecular flexibility index (Phi) is 12.1. The number of ether oxygens (including phenoxy) is 1. The third-order valence-corrected chi connectivity index (χ3v) is 8.57. The van der Waals surface area contributed by atoms with Gasteiger partial charge in [-0.2, -0.15) is 0 Å². The average molecular weight is 560 g/mol. The van der Waals surface area contributed by atoms with Gasteiger partial charge in [-0.3, -0.25) is 9.78 Å². The standard InChI is InChI=1S/C25H30N2O4S2.2ClH/c1-31-18-5-6-22-20(15-18)19(8-10-26-22)23(28)7-4-17-9-11-27(16-21(17)25(29)30)12-14-33-24-3-2-13-32-24;;/h2-3,5-6,8,10,13,15,17,21,23,28H,4,7,9,11-12,14,16H2,1H3,(H,29,30);2*1H/t17-,21+,23-;;/m1../s1. The van der Waals surface area contributed by atoms with Gasteiger partial charge in [-0.05, 0) is 73.0 Å². The molecule has 1 saturated heterocycles. The van der Waals surface area contributed by atoms with Crippen molar-refractivity contribution < 1.29 is 19.7 Å². The number of aromatic nitrogens is 1. The van der Waals surface area contributed by atoms with Gasteiger partial charge in [0.05, 0.1) is 28.9 Å². The molecule has 1 aromatic carbocycles. The van der Waals surface area contributed by atoms with Crippen molar-refractivity contribution in [3.63, 3.8) is 0 Å². The second kappa shape index (κ2) is 14.3. The Morgan fingerprint density at radius 2 is 2.14 bits per heavy atom. The van der Waals surface area contributed by atoms with Crippen molar-refractivity contribution in [1.82, 2.24) is 9.88 Å². The number of fused-ring (bicyclic) bond motifs is 1. The molecule has 1 aliphatic heterocycles. The molecule has 0 radical (unpaired) electrons. The first-order valence-electron chi connectivity index (χ1n) is 11.3. The van der Waals surface area contributed by atoms with Gasteiger partial charge in [0.1, 0.15) is 5.75 Å². The molecule has 0 saturated carbocycles. The van der Waals surface area contributed by atoms with E-state index in [0.717, 1.165) is 47.5 Å². The smallest absolute Gasteiger partial charge is 0.308 e. The number of likely N-dealkylation sites (tertiary alicyclic amines) is 1. The van der Waals surface area contributed by atoms with Gasteiger partial charge in [-0.15, -0.1) is 47.9 Å². The highest BCUT2D eigenvalue weighted by molar-refractivity contribution is 8.01. The predicted molar refractivity (Wildman–Crippen MR) is 148 cm³/mol. The van der Waals surface area contributed by atoms with Gasteiger partial charge in [0.25, 0.3) is 0 Å². The number of thiophene rings is 1. The fraction of sp³-hybridized carbons (Fsp3) is 0.440. The zero-order chi connectivity index (χ0) is 23.2. The minimum absolute atomic E-state index is 0. The summed E-state index contributed by atoms with van der Waals surface area (Å²) in [6.07, 6.45) is 3.10. The van der Waals surface area contributed by atoms with Crippen molar-refractivity contribution in [3.8, 4) is 5.75 Å². The van der Waals surface area contributed by atoms with Crippen LogP contribution in [0.5, 0.6) is 5.75 Å². The number of carboxylic acid groups (broad SMARTS) is 1. The van der Waals surface area contributed by atoms with Crippen LogP contribution in [0, 0.1) is 11.8 Å². The van der Waals surface area contributed by atoms with Crippen LogP contribution in [0.25, 0.3) is 10.9 Å². The third-order valence-electron chi connectivity index (χ3n) is 6.46. The van der Waals surface area contributed by atoms with Crippen LogP contribution < -0.4 is 4.74 Å². The van der Waals surface area contributed by atoms with Crippen LogP contribution in [0.4, 0.5) is 0 Å². The van der Waals surface area contributed by atoms with Crippen LogP contribution in [0.2, 0.25) is 0 Å². The number of hydrogen-bond donors (Lipinski definition) is 2. The van der Waals surface area contributed by atoms with E-state index >= 15 is 0 Å². The summed E-state index contributed by atoms with van der Waals surface area (Å²) in [5.74, 6) is 0.631. The van der Waals surface area contributed by atoms with E-state index in [1.165, 1.54) is 4.21 Å². The Balaban J connectivity index is 0.00000216. The number of carbonyl (C=O) groups is 1. The minimum Gasteiger partial charge on any atom is -0.497 e. The van der Waals surface area contributed by atoms with Gasteiger partial charge in [-0.25, -0.2) is 0 Å². The molecule has 0 bridgehead atoms. The van der Waals surface area contributed by atoms with E-state index in [1.807, 2.05) is 36.0 Å². The van der Waals surface area contributed by atoms with E-state index in [0.29, 0.717) is 19.4 Å². The van der Waals surface area contributed by atoms with Gasteiger partial charge >= 0.3 is 5.97 Å². The molecule has 6 nitrogen and oxygen atoms in total. The topological polar surface area (TPSA) is 82.9 Å². The molecule has 3 atom stereocenters. The summed E-state index contributed by atoms with van der Waals surface area (Å²) in [4.78, 5) is 18.7. The molecule has 0 spiro atoms. The lowest BCUT2D eigenvalue weighted by Crippen LogP contribution is -2.44. The fourth-order valence-electron chi connectivity index (χ4n) is 4.61. The number of benzene rings is 1. The van der Waals surface area contributed by atoms with Crippen molar-refractivity contribution in [2.45, 2.75) is 29.6 Å². The fourth-order valence-corrected chi connectivity index (χ4v) is 6.47. The number of methoxy groups -OCH3 is 1. The Morgan fingerprint density at radius 1 is 1.31 bits per heavy atom. The molecule has 0 amide bonds. The van der Waals surface area contributed by atoms with Crippen LogP contribution >= 0.6 is 47.9 Å². The van der Waals surface area contributed by atoms with E-state index in [9.17, 15) is 15.0 Å². The van der Waals surface area contributed by atoms with E-state index in [-0.39, 0.29) is 30.7 Å².